The van der Waals surface area contributed by atoms with Gasteiger partial charge in [-0.15, -0.1) is 5.10 Å². The van der Waals surface area contributed by atoms with Crippen LogP contribution >= 0.6 is 11.6 Å². The van der Waals surface area contributed by atoms with Crippen molar-refractivity contribution in [2.45, 2.75) is 44.9 Å². The molecule has 0 spiro atoms. The zero-order valence-electron chi connectivity index (χ0n) is 18.9. The number of carbonyl (C=O) groups is 2. The third-order valence-electron chi connectivity index (χ3n) is 6.54. The summed E-state index contributed by atoms with van der Waals surface area (Å²) in [6.45, 7) is 2.71. The van der Waals surface area contributed by atoms with Crippen LogP contribution < -0.4 is 4.74 Å². The predicted octanol–water partition coefficient (Wildman–Crippen LogP) is 4.01. The minimum Gasteiger partial charge on any atom is -0.494 e. The van der Waals surface area contributed by atoms with Crippen LogP contribution in [0.25, 0.3) is 0 Å². The average molecular weight is 471 g/mol. The van der Waals surface area contributed by atoms with E-state index in [1.807, 2.05) is 24.3 Å². The highest BCUT2D eigenvalue weighted by atomic mass is 35.5. The van der Waals surface area contributed by atoms with Crippen LogP contribution in [0.3, 0.4) is 0 Å². The molecule has 2 amide bonds. The van der Waals surface area contributed by atoms with E-state index in [2.05, 4.69) is 10.2 Å². The molecule has 33 heavy (non-hydrogen) atoms. The van der Waals surface area contributed by atoms with Gasteiger partial charge in [0, 0.05) is 31.7 Å². The van der Waals surface area contributed by atoms with Gasteiger partial charge in [-0.25, -0.2) is 0 Å². The summed E-state index contributed by atoms with van der Waals surface area (Å²) >= 11 is 5.75. The molecule has 8 heteroatoms. The van der Waals surface area contributed by atoms with Crippen molar-refractivity contribution in [3.8, 4) is 5.75 Å². The van der Waals surface area contributed by atoms with Gasteiger partial charge in [0.2, 0.25) is 5.91 Å². The van der Waals surface area contributed by atoms with E-state index in [9.17, 15) is 9.59 Å². The van der Waals surface area contributed by atoms with E-state index in [-0.39, 0.29) is 18.2 Å². The monoisotopic (exact) mass is 470 g/mol. The third-order valence-corrected chi connectivity index (χ3v) is 6.74. The fourth-order valence-corrected chi connectivity index (χ4v) is 4.69. The number of halogens is 1. The number of hydrogen-bond donors (Lipinski definition) is 0. The lowest BCUT2D eigenvalue weighted by atomic mass is 9.87. The zero-order valence-corrected chi connectivity index (χ0v) is 19.7. The molecule has 2 aliphatic rings. The van der Waals surface area contributed by atoms with Crippen LogP contribution in [-0.4, -0.2) is 64.6 Å². The molecule has 0 bridgehead atoms. The predicted molar refractivity (Wildman–Crippen MR) is 126 cm³/mol. The van der Waals surface area contributed by atoms with E-state index in [1.54, 1.807) is 21.9 Å². The fourth-order valence-electron chi connectivity index (χ4n) is 4.58. The average Bonchev–Trinajstić information content (AvgIpc) is 2.86. The molecule has 0 radical (unpaired) electrons. The van der Waals surface area contributed by atoms with Crippen molar-refractivity contribution in [1.82, 2.24) is 20.0 Å². The molecule has 1 saturated carbocycles. The van der Waals surface area contributed by atoms with Crippen LogP contribution in [0.5, 0.6) is 5.75 Å². The second kappa shape index (κ2) is 11.5. The molecule has 4 rings (SSSR count). The molecule has 0 atom stereocenters. The Morgan fingerprint density at radius 1 is 0.970 bits per heavy atom. The molecule has 1 saturated heterocycles. The summed E-state index contributed by atoms with van der Waals surface area (Å²) in [5.74, 6) is 1.47. The largest absolute Gasteiger partial charge is 0.494 e. The van der Waals surface area contributed by atoms with Crippen LogP contribution in [0.1, 0.15) is 54.6 Å². The maximum Gasteiger partial charge on any atom is 0.254 e. The molecule has 1 aliphatic carbocycles. The SMILES string of the molecule is O=C(Cc1ccc(Cl)nn1)N1CCN(C(=O)c2cccc(OCCC3CCCCC3)c2)CC1. The first-order chi connectivity index (χ1) is 16.1. The van der Waals surface area contributed by atoms with E-state index < -0.39 is 0 Å². The normalized spacial score (nSPS) is 17.1. The molecule has 2 aromatic rings. The Hall–Kier alpha value is -2.67. The Morgan fingerprint density at radius 3 is 2.45 bits per heavy atom. The summed E-state index contributed by atoms with van der Waals surface area (Å²) in [5.41, 5.74) is 1.21. The lowest BCUT2D eigenvalue weighted by molar-refractivity contribution is -0.132. The Kier molecular flexibility index (Phi) is 8.15. The molecule has 2 fully saturated rings. The van der Waals surface area contributed by atoms with E-state index in [0.717, 1.165) is 18.1 Å². The quantitative estimate of drug-likeness (QED) is 0.611. The number of ether oxygens (including phenoxy) is 1. The minimum atomic E-state index is -0.0246. The minimum absolute atomic E-state index is 0.0212. The van der Waals surface area contributed by atoms with E-state index >= 15 is 0 Å². The first-order valence-electron chi connectivity index (χ1n) is 11.9. The van der Waals surface area contributed by atoms with Crippen molar-refractivity contribution in [2.75, 3.05) is 32.8 Å². The molecular weight excluding hydrogens is 440 g/mol. The second-order valence-corrected chi connectivity index (χ2v) is 9.25. The van der Waals surface area contributed by atoms with Crippen molar-refractivity contribution in [3.63, 3.8) is 0 Å². The standard InChI is InChI=1S/C25H31ClN4O3/c26-23-10-9-21(27-28-23)18-24(31)29-12-14-30(15-13-29)25(32)20-7-4-8-22(17-20)33-16-11-19-5-2-1-3-6-19/h4,7-10,17,19H,1-3,5-6,11-16,18H2. The van der Waals surface area contributed by atoms with Gasteiger partial charge in [-0.2, -0.15) is 5.10 Å². The molecule has 1 aliphatic heterocycles. The number of carbonyl (C=O) groups excluding carboxylic acids is 2. The van der Waals surface area contributed by atoms with Crippen LogP contribution in [0.15, 0.2) is 36.4 Å². The molecule has 7 nitrogen and oxygen atoms in total. The Bertz CT molecular complexity index is 939. The summed E-state index contributed by atoms with van der Waals surface area (Å²) in [6, 6.07) is 10.8. The molecule has 1 aromatic heterocycles. The van der Waals surface area contributed by atoms with Gasteiger partial charge in [0.1, 0.15) is 5.75 Å². The van der Waals surface area contributed by atoms with Gasteiger partial charge < -0.3 is 14.5 Å². The highest BCUT2D eigenvalue weighted by Crippen LogP contribution is 2.26. The number of piperazine rings is 1. The van der Waals surface area contributed by atoms with E-state index in [0.29, 0.717) is 49.2 Å². The number of rotatable bonds is 7. The number of aromatic nitrogens is 2. The number of hydrogen-bond acceptors (Lipinski definition) is 5. The summed E-state index contributed by atoms with van der Waals surface area (Å²) in [4.78, 5) is 29.1. The van der Waals surface area contributed by atoms with Crippen molar-refractivity contribution in [3.05, 3.63) is 52.8 Å². The highest BCUT2D eigenvalue weighted by Gasteiger charge is 2.25. The summed E-state index contributed by atoms with van der Waals surface area (Å²) in [5, 5.41) is 8.03. The Labute approximate surface area is 200 Å². The number of nitrogens with zero attached hydrogens (tertiary/aromatic N) is 4. The van der Waals surface area contributed by atoms with Crippen LogP contribution in [0.2, 0.25) is 5.15 Å². The smallest absolute Gasteiger partial charge is 0.254 e. The van der Waals surface area contributed by atoms with Gasteiger partial charge in [0.05, 0.1) is 18.7 Å². The summed E-state index contributed by atoms with van der Waals surface area (Å²) < 4.78 is 5.96. The van der Waals surface area contributed by atoms with E-state index in [4.69, 9.17) is 16.3 Å². The molecule has 2 heterocycles. The summed E-state index contributed by atoms with van der Waals surface area (Å²) in [7, 11) is 0. The first-order valence-corrected chi connectivity index (χ1v) is 12.2. The van der Waals surface area contributed by atoms with Crippen molar-refractivity contribution in [1.29, 1.82) is 0 Å². The van der Waals surface area contributed by atoms with Crippen LogP contribution in [0, 0.1) is 5.92 Å². The number of amides is 2. The van der Waals surface area contributed by atoms with Crippen molar-refractivity contribution in [2.24, 2.45) is 5.92 Å². The van der Waals surface area contributed by atoms with Gasteiger partial charge >= 0.3 is 0 Å². The fraction of sp³-hybridized carbons (Fsp3) is 0.520. The topological polar surface area (TPSA) is 75.6 Å². The van der Waals surface area contributed by atoms with Crippen molar-refractivity contribution < 1.29 is 14.3 Å². The van der Waals surface area contributed by atoms with E-state index in [1.165, 1.54) is 32.1 Å². The van der Waals surface area contributed by atoms with Gasteiger partial charge in [-0.1, -0.05) is 49.8 Å². The number of benzene rings is 1. The van der Waals surface area contributed by atoms with Crippen molar-refractivity contribution >= 4 is 23.4 Å². The van der Waals surface area contributed by atoms with Gasteiger partial charge in [0.25, 0.3) is 5.91 Å². The first kappa shape index (κ1) is 23.5. The zero-order chi connectivity index (χ0) is 23.0. The highest BCUT2D eigenvalue weighted by molar-refractivity contribution is 6.29. The second-order valence-electron chi connectivity index (χ2n) is 8.87. The summed E-state index contributed by atoms with van der Waals surface area (Å²) in [6.07, 6.45) is 7.91. The van der Waals surface area contributed by atoms with Crippen LogP contribution in [-0.2, 0) is 11.2 Å². The Morgan fingerprint density at radius 2 is 1.73 bits per heavy atom. The van der Waals surface area contributed by atoms with Gasteiger partial charge in [-0.3, -0.25) is 9.59 Å². The molecule has 0 unspecified atom stereocenters. The molecule has 0 N–H and O–H groups in total. The molecule has 176 valence electrons. The third kappa shape index (κ3) is 6.67. The molecule has 1 aromatic carbocycles. The maximum atomic E-state index is 13.0. The molecular formula is C25H31ClN4O3. The van der Waals surface area contributed by atoms with Crippen LogP contribution in [0.4, 0.5) is 0 Å². The van der Waals surface area contributed by atoms with Gasteiger partial charge in [-0.05, 0) is 42.7 Å². The lowest BCUT2D eigenvalue weighted by Crippen LogP contribution is -2.51. The maximum absolute atomic E-state index is 13.0. The van der Waals surface area contributed by atoms with Gasteiger partial charge in [0.15, 0.2) is 5.15 Å². The Balaban J connectivity index is 1.24. The lowest BCUT2D eigenvalue weighted by Gasteiger charge is -2.34.